The molecule has 0 aliphatic heterocycles. The summed E-state index contributed by atoms with van der Waals surface area (Å²) in [4.78, 5) is 19.8. The van der Waals surface area contributed by atoms with Crippen LogP contribution in [0.15, 0.2) is 58.2 Å². The van der Waals surface area contributed by atoms with Crippen molar-refractivity contribution in [3.05, 3.63) is 60.5 Å². The lowest BCUT2D eigenvalue weighted by atomic mass is 10.3. The molecule has 0 saturated heterocycles. The number of ether oxygens (including phenoxy) is 1. The Hall–Kier alpha value is -3.18. The fourth-order valence-corrected chi connectivity index (χ4v) is 3.28. The molecule has 0 spiro atoms. The van der Waals surface area contributed by atoms with Gasteiger partial charge in [0, 0.05) is 25.0 Å². The molecule has 0 N–H and O–H groups in total. The summed E-state index contributed by atoms with van der Waals surface area (Å²) < 4.78 is 48.4. The molecule has 0 radical (unpaired) electrons. The van der Waals surface area contributed by atoms with Crippen molar-refractivity contribution in [2.75, 3.05) is 13.6 Å². The molecule has 9 nitrogen and oxygen atoms in total. The quantitative estimate of drug-likeness (QED) is 0.544. The number of hydrogen-bond acceptors (Lipinski definition) is 8. The van der Waals surface area contributed by atoms with E-state index in [1.54, 1.807) is 24.5 Å². The summed E-state index contributed by atoms with van der Waals surface area (Å²) >= 11 is 0. The molecule has 28 heavy (non-hydrogen) atoms. The summed E-state index contributed by atoms with van der Waals surface area (Å²) in [5.74, 6) is -1.04. The molecule has 0 aliphatic carbocycles. The van der Waals surface area contributed by atoms with Gasteiger partial charge in [0.25, 0.3) is 5.89 Å². The van der Waals surface area contributed by atoms with Crippen molar-refractivity contribution in [2.45, 2.75) is 11.5 Å². The fraction of sp³-hybridized carbons (Fsp3) is 0.176. The first-order chi connectivity index (χ1) is 13.4. The second kappa shape index (κ2) is 8.23. The Kier molecular flexibility index (Phi) is 5.76. The van der Waals surface area contributed by atoms with Crippen LogP contribution in [-0.2, 0) is 26.2 Å². The van der Waals surface area contributed by atoms with Gasteiger partial charge < -0.3 is 9.26 Å². The van der Waals surface area contributed by atoms with Gasteiger partial charge in [-0.15, -0.1) is 0 Å². The minimum Gasteiger partial charge on any atom is -0.455 e. The molecule has 1 aromatic carbocycles. The maximum atomic E-state index is 13.0. The third-order valence-corrected chi connectivity index (χ3v) is 5.44. The summed E-state index contributed by atoms with van der Waals surface area (Å²) in [6, 6.07) is 7.73. The van der Waals surface area contributed by atoms with Crippen LogP contribution in [0, 0.1) is 5.82 Å². The largest absolute Gasteiger partial charge is 0.455 e. The number of carbonyl (C=O) groups excluding carboxylic acids is 1. The Balaban J connectivity index is 1.57. The van der Waals surface area contributed by atoms with Gasteiger partial charge >= 0.3 is 5.97 Å². The first kappa shape index (κ1) is 19.6. The van der Waals surface area contributed by atoms with Crippen LogP contribution in [0.4, 0.5) is 4.39 Å². The number of esters is 1. The lowest BCUT2D eigenvalue weighted by molar-refractivity contribution is -0.145. The molecule has 0 amide bonds. The van der Waals surface area contributed by atoms with Gasteiger partial charge in [0.15, 0.2) is 6.61 Å². The maximum Gasteiger partial charge on any atom is 0.321 e. The van der Waals surface area contributed by atoms with Crippen molar-refractivity contribution >= 4 is 16.0 Å². The second-order valence-corrected chi connectivity index (χ2v) is 7.67. The van der Waals surface area contributed by atoms with Gasteiger partial charge in [-0.05, 0) is 36.4 Å². The number of nitrogens with zero attached hydrogens (tertiary/aromatic N) is 4. The van der Waals surface area contributed by atoms with Gasteiger partial charge in [0.05, 0.1) is 4.90 Å². The van der Waals surface area contributed by atoms with E-state index in [1.165, 1.54) is 7.05 Å². The van der Waals surface area contributed by atoms with Gasteiger partial charge in [-0.2, -0.15) is 9.29 Å². The third kappa shape index (κ3) is 4.56. The van der Waals surface area contributed by atoms with Crippen molar-refractivity contribution in [1.82, 2.24) is 19.4 Å². The first-order valence-electron chi connectivity index (χ1n) is 7.97. The lowest BCUT2D eigenvalue weighted by Crippen LogP contribution is -2.33. The molecule has 0 saturated carbocycles. The Morgan fingerprint density at radius 3 is 2.68 bits per heavy atom. The average Bonchev–Trinajstić information content (AvgIpc) is 3.16. The van der Waals surface area contributed by atoms with Crippen LogP contribution in [-0.4, -0.2) is 47.4 Å². The molecular formula is C17H15FN4O5S. The molecule has 3 aromatic rings. The minimum absolute atomic E-state index is 0.0521. The Bertz CT molecular complexity index is 1050. The molecule has 0 atom stereocenters. The number of sulfonamides is 1. The van der Waals surface area contributed by atoms with E-state index in [9.17, 15) is 17.6 Å². The summed E-state index contributed by atoms with van der Waals surface area (Å²) in [7, 11) is -2.74. The van der Waals surface area contributed by atoms with Gasteiger partial charge in [0.1, 0.15) is 12.4 Å². The highest BCUT2D eigenvalue weighted by Crippen LogP contribution is 2.16. The third-order valence-electron chi connectivity index (χ3n) is 3.62. The van der Waals surface area contributed by atoms with Crippen LogP contribution in [0.1, 0.15) is 5.89 Å². The number of pyridine rings is 1. The number of aromatic nitrogens is 3. The first-order valence-corrected chi connectivity index (χ1v) is 9.41. The molecule has 2 heterocycles. The van der Waals surface area contributed by atoms with E-state index in [1.807, 2.05) is 0 Å². The molecule has 0 bridgehead atoms. The van der Waals surface area contributed by atoms with Crippen LogP contribution in [0.25, 0.3) is 11.4 Å². The van der Waals surface area contributed by atoms with E-state index in [0.717, 1.165) is 28.6 Å². The second-order valence-electron chi connectivity index (χ2n) is 5.63. The zero-order valence-corrected chi connectivity index (χ0v) is 15.5. The molecule has 2 aromatic heterocycles. The van der Waals surface area contributed by atoms with Gasteiger partial charge in [-0.3, -0.25) is 9.78 Å². The SMILES string of the molecule is CN(CC(=O)OCc1nc(-c2cccnc2)no1)S(=O)(=O)c1ccc(F)cc1. The molecular weight excluding hydrogens is 391 g/mol. The monoisotopic (exact) mass is 406 g/mol. The number of benzene rings is 1. The Labute approximate surface area is 159 Å². The zero-order valence-electron chi connectivity index (χ0n) is 14.6. The maximum absolute atomic E-state index is 13.0. The number of hydrogen-bond donors (Lipinski definition) is 0. The number of carbonyl (C=O) groups is 1. The van der Waals surface area contributed by atoms with Gasteiger partial charge in [-0.25, -0.2) is 12.8 Å². The topological polar surface area (TPSA) is 115 Å². The van der Waals surface area contributed by atoms with Crippen molar-refractivity contribution < 1.29 is 26.9 Å². The van der Waals surface area contributed by atoms with Crippen LogP contribution in [0.2, 0.25) is 0 Å². The van der Waals surface area contributed by atoms with Crippen molar-refractivity contribution in [3.8, 4) is 11.4 Å². The van der Waals surface area contributed by atoms with Crippen LogP contribution in [0.3, 0.4) is 0 Å². The summed E-state index contributed by atoms with van der Waals surface area (Å²) in [5, 5.41) is 3.76. The highest BCUT2D eigenvalue weighted by atomic mass is 32.2. The summed E-state index contributed by atoms with van der Waals surface area (Å²) in [6.07, 6.45) is 3.15. The van der Waals surface area contributed by atoms with E-state index in [-0.39, 0.29) is 23.2 Å². The predicted molar refractivity (Wildman–Crippen MR) is 93.5 cm³/mol. The fourth-order valence-electron chi connectivity index (χ4n) is 2.17. The molecule has 3 rings (SSSR count). The van der Waals surface area contributed by atoms with E-state index < -0.39 is 28.4 Å². The normalized spacial score (nSPS) is 11.5. The Morgan fingerprint density at radius 1 is 1.25 bits per heavy atom. The Morgan fingerprint density at radius 2 is 2.00 bits per heavy atom. The molecule has 11 heteroatoms. The zero-order chi connectivity index (χ0) is 20.1. The van der Waals surface area contributed by atoms with Crippen LogP contribution < -0.4 is 0 Å². The van der Waals surface area contributed by atoms with Crippen molar-refractivity contribution in [3.63, 3.8) is 0 Å². The van der Waals surface area contributed by atoms with Crippen molar-refractivity contribution in [1.29, 1.82) is 0 Å². The minimum atomic E-state index is -3.96. The average molecular weight is 406 g/mol. The number of likely N-dealkylation sites (N-methyl/N-ethyl adjacent to an activating group) is 1. The molecule has 0 fully saturated rings. The predicted octanol–water partition coefficient (Wildman–Crippen LogP) is 1.63. The van der Waals surface area contributed by atoms with Crippen LogP contribution in [0.5, 0.6) is 0 Å². The number of halogens is 1. The van der Waals surface area contributed by atoms with Crippen molar-refractivity contribution in [2.24, 2.45) is 0 Å². The van der Waals surface area contributed by atoms with Gasteiger partial charge in [0.2, 0.25) is 15.8 Å². The smallest absolute Gasteiger partial charge is 0.321 e. The van der Waals surface area contributed by atoms with Gasteiger partial charge in [-0.1, -0.05) is 5.16 Å². The molecule has 0 unspecified atom stereocenters. The molecule has 146 valence electrons. The summed E-state index contributed by atoms with van der Waals surface area (Å²) in [6.45, 7) is -0.847. The van der Waals surface area contributed by atoms with E-state index in [4.69, 9.17) is 9.26 Å². The van der Waals surface area contributed by atoms with E-state index >= 15 is 0 Å². The van der Waals surface area contributed by atoms with E-state index in [2.05, 4.69) is 15.1 Å². The molecule has 0 aliphatic rings. The lowest BCUT2D eigenvalue weighted by Gasteiger charge is -2.16. The van der Waals surface area contributed by atoms with Crippen LogP contribution >= 0.6 is 0 Å². The highest BCUT2D eigenvalue weighted by molar-refractivity contribution is 7.89. The number of rotatable bonds is 7. The highest BCUT2D eigenvalue weighted by Gasteiger charge is 2.24. The van der Waals surface area contributed by atoms with E-state index in [0.29, 0.717) is 5.56 Å². The standard InChI is InChI=1S/C17H15FN4O5S/c1-22(28(24,25)14-6-4-13(18)5-7-14)10-16(23)26-11-15-20-17(21-27-15)12-3-2-8-19-9-12/h2-9H,10-11H2,1H3. The summed E-state index contributed by atoms with van der Waals surface area (Å²) in [5.41, 5.74) is 0.633.